The minimum absolute atomic E-state index is 0.364. The number of carbonyl (C=O) groups is 1. The molecule has 0 rings (SSSR count). The van der Waals surface area contributed by atoms with Gasteiger partial charge in [-0.05, 0) is 26.4 Å². The minimum Gasteiger partial charge on any atom is -0.299 e. The van der Waals surface area contributed by atoms with Gasteiger partial charge in [0.05, 0.1) is 6.54 Å². The SMILES string of the molecule is CCCC(=O)CN(C)CCC. The van der Waals surface area contributed by atoms with E-state index in [1.54, 1.807) is 0 Å². The Morgan fingerprint density at radius 3 is 2.36 bits per heavy atom. The summed E-state index contributed by atoms with van der Waals surface area (Å²) in [7, 11) is 2.00. The van der Waals surface area contributed by atoms with Crippen molar-refractivity contribution < 1.29 is 4.79 Å². The number of likely N-dealkylation sites (N-methyl/N-ethyl adjacent to an activating group) is 1. The van der Waals surface area contributed by atoms with Crippen LogP contribution in [-0.4, -0.2) is 30.8 Å². The Morgan fingerprint density at radius 2 is 1.91 bits per heavy atom. The fourth-order valence-electron chi connectivity index (χ4n) is 1.12. The molecule has 0 aromatic heterocycles. The van der Waals surface area contributed by atoms with Gasteiger partial charge in [-0.1, -0.05) is 13.8 Å². The molecule has 66 valence electrons. The van der Waals surface area contributed by atoms with Gasteiger partial charge in [0.2, 0.25) is 0 Å². The Bertz CT molecular complexity index is 112. The molecule has 0 N–H and O–H groups in total. The highest BCUT2D eigenvalue weighted by Gasteiger charge is 2.03. The van der Waals surface area contributed by atoms with E-state index in [1.807, 2.05) is 14.0 Å². The number of hydrogen-bond acceptors (Lipinski definition) is 2. The lowest BCUT2D eigenvalue weighted by molar-refractivity contribution is -0.119. The predicted octanol–water partition coefficient (Wildman–Crippen LogP) is 1.70. The van der Waals surface area contributed by atoms with Crippen molar-refractivity contribution >= 4 is 5.78 Å². The van der Waals surface area contributed by atoms with Gasteiger partial charge in [0.15, 0.2) is 0 Å². The van der Waals surface area contributed by atoms with Gasteiger partial charge < -0.3 is 0 Å². The van der Waals surface area contributed by atoms with Crippen molar-refractivity contribution in [3.05, 3.63) is 0 Å². The van der Waals surface area contributed by atoms with Crippen LogP contribution in [-0.2, 0) is 4.79 Å². The Hall–Kier alpha value is -0.370. The Labute approximate surface area is 69.6 Å². The Morgan fingerprint density at radius 1 is 1.27 bits per heavy atom. The number of hydrogen-bond donors (Lipinski definition) is 0. The van der Waals surface area contributed by atoms with E-state index < -0.39 is 0 Å². The fourth-order valence-corrected chi connectivity index (χ4v) is 1.12. The molecule has 0 unspecified atom stereocenters. The van der Waals surface area contributed by atoms with Gasteiger partial charge in [0, 0.05) is 6.42 Å². The maximum Gasteiger partial charge on any atom is 0.146 e. The number of carbonyl (C=O) groups excluding carboxylic acids is 1. The third-order valence-corrected chi connectivity index (χ3v) is 1.58. The third kappa shape index (κ3) is 6.05. The van der Waals surface area contributed by atoms with Gasteiger partial charge in [-0.25, -0.2) is 0 Å². The highest BCUT2D eigenvalue weighted by molar-refractivity contribution is 5.80. The average molecular weight is 157 g/mol. The summed E-state index contributed by atoms with van der Waals surface area (Å²) in [5.41, 5.74) is 0. The summed E-state index contributed by atoms with van der Waals surface area (Å²) in [6.45, 7) is 5.82. The van der Waals surface area contributed by atoms with Crippen molar-refractivity contribution in [3.63, 3.8) is 0 Å². The van der Waals surface area contributed by atoms with Crippen LogP contribution in [0.1, 0.15) is 33.1 Å². The first-order valence-corrected chi connectivity index (χ1v) is 4.41. The number of rotatable bonds is 6. The van der Waals surface area contributed by atoms with E-state index in [-0.39, 0.29) is 0 Å². The van der Waals surface area contributed by atoms with Crippen LogP contribution in [0, 0.1) is 0 Å². The normalized spacial score (nSPS) is 10.5. The van der Waals surface area contributed by atoms with E-state index in [0.29, 0.717) is 12.3 Å². The fraction of sp³-hybridized carbons (Fsp3) is 0.889. The molecule has 11 heavy (non-hydrogen) atoms. The van der Waals surface area contributed by atoms with Crippen molar-refractivity contribution in [2.75, 3.05) is 20.1 Å². The summed E-state index contributed by atoms with van der Waals surface area (Å²) in [6, 6.07) is 0. The number of nitrogens with zero attached hydrogens (tertiary/aromatic N) is 1. The molecule has 2 heteroatoms. The van der Waals surface area contributed by atoms with Crippen molar-refractivity contribution in [2.24, 2.45) is 0 Å². The highest BCUT2D eigenvalue weighted by atomic mass is 16.1. The van der Waals surface area contributed by atoms with E-state index in [1.165, 1.54) is 0 Å². The van der Waals surface area contributed by atoms with Crippen LogP contribution in [0.4, 0.5) is 0 Å². The molecule has 0 fully saturated rings. The van der Waals surface area contributed by atoms with E-state index in [0.717, 1.165) is 25.8 Å². The molecule has 0 aromatic carbocycles. The second-order valence-corrected chi connectivity index (χ2v) is 3.03. The van der Waals surface area contributed by atoms with E-state index in [2.05, 4.69) is 11.8 Å². The van der Waals surface area contributed by atoms with E-state index >= 15 is 0 Å². The van der Waals surface area contributed by atoms with Crippen LogP contribution < -0.4 is 0 Å². The molecule has 0 amide bonds. The van der Waals surface area contributed by atoms with Gasteiger partial charge in [0.1, 0.15) is 5.78 Å². The first-order chi connectivity index (χ1) is 5.20. The maximum absolute atomic E-state index is 11.1. The predicted molar refractivity (Wildman–Crippen MR) is 47.7 cm³/mol. The monoisotopic (exact) mass is 157 g/mol. The van der Waals surface area contributed by atoms with Gasteiger partial charge in [-0.3, -0.25) is 9.69 Å². The maximum atomic E-state index is 11.1. The second kappa shape index (κ2) is 6.35. The lowest BCUT2D eigenvalue weighted by atomic mass is 10.2. The van der Waals surface area contributed by atoms with E-state index in [9.17, 15) is 4.79 Å². The topological polar surface area (TPSA) is 20.3 Å². The number of ketones is 1. The quantitative estimate of drug-likeness (QED) is 0.585. The molecule has 0 aliphatic rings. The van der Waals surface area contributed by atoms with E-state index in [4.69, 9.17) is 0 Å². The second-order valence-electron chi connectivity index (χ2n) is 3.03. The summed E-state index contributed by atoms with van der Waals surface area (Å²) >= 11 is 0. The Kier molecular flexibility index (Phi) is 6.13. The molecule has 0 spiro atoms. The molecular formula is C9H19NO. The van der Waals surface area contributed by atoms with Gasteiger partial charge in [-0.15, -0.1) is 0 Å². The highest BCUT2D eigenvalue weighted by Crippen LogP contribution is 1.92. The zero-order chi connectivity index (χ0) is 8.69. The summed E-state index contributed by atoms with van der Waals surface area (Å²) in [5.74, 6) is 0.364. The van der Waals surface area contributed by atoms with Crippen LogP contribution in [0.25, 0.3) is 0 Å². The van der Waals surface area contributed by atoms with Crippen LogP contribution in [0.3, 0.4) is 0 Å². The van der Waals surface area contributed by atoms with Gasteiger partial charge in [-0.2, -0.15) is 0 Å². The van der Waals surface area contributed by atoms with Crippen molar-refractivity contribution in [2.45, 2.75) is 33.1 Å². The zero-order valence-corrected chi connectivity index (χ0v) is 7.89. The molecule has 0 aromatic rings. The molecule has 0 saturated heterocycles. The van der Waals surface area contributed by atoms with Gasteiger partial charge >= 0.3 is 0 Å². The smallest absolute Gasteiger partial charge is 0.146 e. The zero-order valence-electron chi connectivity index (χ0n) is 7.89. The van der Waals surface area contributed by atoms with Crippen LogP contribution in [0.15, 0.2) is 0 Å². The van der Waals surface area contributed by atoms with Crippen molar-refractivity contribution in [3.8, 4) is 0 Å². The summed E-state index contributed by atoms with van der Waals surface area (Å²) < 4.78 is 0. The summed E-state index contributed by atoms with van der Waals surface area (Å²) in [5, 5.41) is 0. The Balaban J connectivity index is 3.40. The molecule has 0 aliphatic heterocycles. The molecular weight excluding hydrogens is 138 g/mol. The third-order valence-electron chi connectivity index (χ3n) is 1.58. The molecule has 0 atom stereocenters. The average Bonchev–Trinajstić information content (AvgIpc) is 1.87. The lowest BCUT2D eigenvalue weighted by Gasteiger charge is -2.13. The van der Waals surface area contributed by atoms with Crippen LogP contribution >= 0.6 is 0 Å². The molecule has 2 nitrogen and oxygen atoms in total. The van der Waals surface area contributed by atoms with Gasteiger partial charge in [0.25, 0.3) is 0 Å². The lowest BCUT2D eigenvalue weighted by Crippen LogP contribution is -2.26. The standard InChI is InChI=1S/C9H19NO/c1-4-6-9(11)8-10(3)7-5-2/h4-8H2,1-3H3. The molecule has 0 heterocycles. The minimum atomic E-state index is 0.364. The summed E-state index contributed by atoms with van der Waals surface area (Å²) in [6.07, 6.45) is 2.82. The van der Waals surface area contributed by atoms with Crippen molar-refractivity contribution in [1.29, 1.82) is 0 Å². The summed E-state index contributed by atoms with van der Waals surface area (Å²) in [4.78, 5) is 13.2. The molecule has 0 radical (unpaired) electrons. The molecule has 0 aliphatic carbocycles. The van der Waals surface area contributed by atoms with Crippen LogP contribution in [0.2, 0.25) is 0 Å². The first-order valence-electron chi connectivity index (χ1n) is 4.41. The first kappa shape index (κ1) is 10.6. The largest absolute Gasteiger partial charge is 0.299 e. The van der Waals surface area contributed by atoms with Crippen molar-refractivity contribution in [1.82, 2.24) is 4.90 Å². The van der Waals surface area contributed by atoms with Crippen LogP contribution in [0.5, 0.6) is 0 Å². The molecule has 0 saturated carbocycles. The number of Topliss-reactive ketones (excluding diaryl/α,β-unsaturated/α-hetero) is 1. The molecule has 0 bridgehead atoms.